The molecule has 0 fully saturated rings. The second kappa shape index (κ2) is 7.77. The third kappa shape index (κ3) is 3.37. The number of thioether (sulfide) groups is 1. The van der Waals surface area contributed by atoms with Gasteiger partial charge in [-0.25, -0.2) is 9.59 Å². The van der Waals surface area contributed by atoms with Crippen LogP contribution in [0.4, 0.5) is 10.5 Å². The number of rotatable bonds is 4. The van der Waals surface area contributed by atoms with Gasteiger partial charge in [0, 0.05) is 17.1 Å². The minimum absolute atomic E-state index is 0.00908. The number of hydrogen-bond donors (Lipinski definition) is 1. The molecule has 0 saturated heterocycles. The number of ether oxygens (including phenoxy) is 1. The van der Waals surface area contributed by atoms with E-state index >= 15 is 0 Å². The van der Waals surface area contributed by atoms with Crippen molar-refractivity contribution in [3.8, 4) is 0 Å². The van der Waals surface area contributed by atoms with E-state index in [0.29, 0.717) is 17.8 Å². The Morgan fingerprint density at radius 3 is 2.71 bits per heavy atom. The van der Waals surface area contributed by atoms with E-state index in [1.54, 1.807) is 16.7 Å². The standard InChI is InChI=1S/C23H21N3O4S/c1-31-16-8-6-15(7-9-16)21-20-18(13-30-22(20)28)26(23(29)24-21)12-19(27)25-11-10-14-4-2-3-5-17(14)25/h2-9,21H,10-13H2,1H3,(H,24,29). The summed E-state index contributed by atoms with van der Waals surface area (Å²) in [5.74, 6) is -0.646. The quantitative estimate of drug-likeness (QED) is 0.590. The van der Waals surface area contributed by atoms with Crippen LogP contribution in [0.5, 0.6) is 0 Å². The molecule has 0 aliphatic carbocycles. The molecule has 3 aliphatic rings. The van der Waals surface area contributed by atoms with Gasteiger partial charge in [0.05, 0.1) is 17.3 Å². The molecular weight excluding hydrogens is 414 g/mol. The first-order valence-corrected chi connectivity index (χ1v) is 11.3. The van der Waals surface area contributed by atoms with E-state index in [9.17, 15) is 14.4 Å². The van der Waals surface area contributed by atoms with Gasteiger partial charge in [0.2, 0.25) is 5.91 Å². The van der Waals surface area contributed by atoms with Crippen molar-refractivity contribution in [2.45, 2.75) is 17.4 Å². The Labute approximate surface area is 184 Å². The number of urea groups is 1. The Bertz CT molecular complexity index is 1110. The summed E-state index contributed by atoms with van der Waals surface area (Å²) in [5.41, 5.74) is 3.66. The molecule has 0 spiro atoms. The highest BCUT2D eigenvalue weighted by Gasteiger charge is 2.43. The third-order valence-electron chi connectivity index (χ3n) is 5.93. The molecule has 0 bridgehead atoms. The molecule has 3 amide bonds. The number of amides is 3. The molecule has 158 valence electrons. The summed E-state index contributed by atoms with van der Waals surface area (Å²) in [6.45, 7) is 0.429. The number of esters is 1. The van der Waals surface area contributed by atoms with Gasteiger partial charge in [-0.1, -0.05) is 30.3 Å². The maximum Gasteiger partial charge on any atom is 0.338 e. The predicted octanol–water partition coefficient (Wildman–Crippen LogP) is 2.88. The van der Waals surface area contributed by atoms with Crippen LogP contribution in [-0.4, -0.2) is 48.8 Å². The highest BCUT2D eigenvalue weighted by Crippen LogP contribution is 2.36. The molecule has 1 atom stereocenters. The van der Waals surface area contributed by atoms with Gasteiger partial charge in [0.25, 0.3) is 0 Å². The van der Waals surface area contributed by atoms with Crippen LogP contribution in [0.2, 0.25) is 0 Å². The lowest BCUT2D eigenvalue weighted by atomic mass is 9.96. The molecule has 3 aliphatic heterocycles. The van der Waals surface area contributed by atoms with Crippen LogP contribution in [-0.2, 0) is 20.7 Å². The zero-order chi connectivity index (χ0) is 21.5. The van der Waals surface area contributed by atoms with Crippen molar-refractivity contribution in [1.82, 2.24) is 10.2 Å². The highest BCUT2D eigenvalue weighted by atomic mass is 32.2. The molecule has 0 saturated carbocycles. The summed E-state index contributed by atoms with van der Waals surface area (Å²) in [4.78, 5) is 42.7. The first-order valence-electron chi connectivity index (χ1n) is 10.1. The monoisotopic (exact) mass is 435 g/mol. The number of nitrogens with one attached hydrogen (secondary N) is 1. The molecule has 7 nitrogen and oxygen atoms in total. The fourth-order valence-electron chi connectivity index (χ4n) is 4.34. The van der Waals surface area contributed by atoms with E-state index in [1.165, 1.54) is 4.90 Å². The Hall–Kier alpha value is -3.26. The van der Waals surface area contributed by atoms with Gasteiger partial charge in [0.1, 0.15) is 13.2 Å². The van der Waals surface area contributed by atoms with Crippen molar-refractivity contribution in [2.75, 3.05) is 30.9 Å². The molecule has 0 aromatic heterocycles. The zero-order valence-electron chi connectivity index (χ0n) is 17.0. The van der Waals surface area contributed by atoms with Crippen molar-refractivity contribution in [3.63, 3.8) is 0 Å². The van der Waals surface area contributed by atoms with E-state index in [1.807, 2.05) is 54.8 Å². The summed E-state index contributed by atoms with van der Waals surface area (Å²) in [6, 6.07) is 14.5. The molecule has 0 radical (unpaired) electrons. The first-order chi connectivity index (χ1) is 15.1. The summed E-state index contributed by atoms with van der Waals surface area (Å²) >= 11 is 1.62. The van der Waals surface area contributed by atoms with Gasteiger partial charge in [-0.15, -0.1) is 11.8 Å². The number of hydrogen-bond acceptors (Lipinski definition) is 5. The molecule has 31 heavy (non-hydrogen) atoms. The lowest BCUT2D eigenvalue weighted by molar-refractivity contribution is -0.136. The molecule has 3 heterocycles. The minimum atomic E-state index is -0.590. The minimum Gasteiger partial charge on any atom is -0.456 e. The van der Waals surface area contributed by atoms with E-state index in [2.05, 4.69) is 5.32 Å². The normalized spacial score (nSPS) is 19.8. The second-order valence-corrected chi connectivity index (χ2v) is 8.48. The van der Waals surface area contributed by atoms with Crippen LogP contribution >= 0.6 is 11.8 Å². The number of nitrogens with zero attached hydrogens (tertiary/aromatic N) is 2. The third-order valence-corrected chi connectivity index (χ3v) is 6.67. The average molecular weight is 436 g/mol. The van der Waals surface area contributed by atoms with Crippen LogP contribution in [0.3, 0.4) is 0 Å². The van der Waals surface area contributed by atoms with Crippen molar-refractivity contribution in [1.29, 1.82) is 0 Å². The van der Waals surface area contributed by atoms with Crippen LogP contribution in [0.1, 0.15) is 17.2 Å². The number of fused-ring (bicyclic) bond motifs is 1. The van der Waals surface area contributed by atoms with Gasteiger partial charge in [-0.2, -0.15) is 0 Å². The van der Waals surface area contributed by atoms with Crippen LogP contribution in [0, 0.1) is 0 Å². The molecule has 1 unspecified atom stereocenters. The van der Waals surface area contributed by atoms with E-state index in [4.69, 9.17) is 4.74 Å². The van der Waals surface area contributed by atoms with Crippen LogP contribution in [0.15, 0.2) is 64.7 Å². The summed E-state index contributed by atoms with van der Waals surface area (Å²) in [7, 11) is 0. The Balaban J connectivity index is 1.43. The second-order valence-electron chi connectivity index (χ2n) is 7.60. The van der Waals surface area contributed by atoms with Crippen LogP contribution < -0.4 is 10.2 Å². The molecule has 2 aromatic carbocycles. The molecule has 8 heteroatoms. The number of para-hydroxylation sites is 1. The van der Waals surface area contributed by atoms with E-state index < -0.39 is 18.0 Å². The Kier molecular flexibility index (Phi) is 4.94. The van der Waals surface area contributed by atoms with Gasteiger partial charge in [0.15, 0.2) is 0 Å². The number of carbonyl (C=O) groups is 3. The van der Waals surface area contributed by atoms with Crippen LogP contribution in [0.25, 0.3) is 0 Å². The molecular formula is C23H21N3O4S. The summed E-state index contributed by atoms with van der Waals surface area (Å²) in [5, 5.41) is 2.89. The zero-order valence-corrected chi connectivity index (χ0v) is 17.8. The number of carbonyl (C=O) groups excluding carboxylic acids is 3. The van der Waals surface area contributed by atoms with Gasteiger partial charge >= 0.3 is 12.0 Å². The van der Waals surface area contributed by atoms with E-state index in [-0.39, 0.29) is 19.1 Å². The Morgan fingerprint density at radius 1 is 1.16 bits per heavy atom. The van der Waals surface area contributed by atoms with Gasteiger partial charge in [-0.3, -0.25) is 9.69 Å². The first kappa shape index (κ1) is 19.7. The lowest BCUT2D eigenvalue weighted by Crippen LogP contribution is -2.51. The SMILES string of the molecule is CSc1ccc(C2NC(=O)N(CC(=O)N3CCc4ccccc43)C3=C2C(=O)OC3)cc1. The lowest BCUT2D eigenvalue weighted by Gasteiger charge is -2.33. The van der Waals surface area contributed by atoms with Crippen molar-refractivity contribution < 1.29 is 19.1 Å². The van der Waals surface area contributed by atoms with Crippen molar-refractivity contribution in [3.05, 3.63) is 70.9 Å². The highest BCUT2D eigenvalue weighted by molar-refractivity contribution is 7.98. The van der Waals surface area contributed by atoms with E-state index in [0.717, 1.165) is 28.1 Å². The predicted molar refractivity (Wildman–Crippen MR) is 117 cm³/mol. The smallest absolute Gasteiger partial charge is 0.338 e. The van der Waals surface area contributed by atoms with Crippen molar-refractivity contribution in [2.24, 2.45) is 0 Å². The fourth-order valence-corrected chi connectivity index (χ4v) is 4.75. The maximum atomic E-state index is 13.1. The summed E-state index contributed by atoms with van der Waals surface area (Å²) in [6.07, 6.45) is 2.78. The molecule has 2 aromatic rings. The Morgan fingerprint density at radius 2 is 1.94 bits per heavy atom. The molecule has 1 N–H and O–H groups in total. The largest absolute Gasteiger partial charge is 0.456 e. The van der Waals surface area contributed by atoms with Crippen molar-refractivity contribution >= 4 is 35.4 Å². The molecule has 5 rings (SSSR count). The number of cyclic esters (lactones) is 1. The number of benzene rings is 2. The van der Waals surface area contributed by atoms with Gasteiger partial charge < -0.3 is 15.0 Å². The number of anilines is 1. The summed E-state index contributed by atoms with van der Waals surface area (Å²) < 4.78 is 5.26. The van der Waals surface area contributed by atoms with Gasteiger partial charge in [-0.05, 0) is 42.0 Å². The maximum absolute atomic E-state index is 13.1. The topological polar surface area (TPSA) is 79.0 Å². The fraction of sp³-hybridized carbons (Fsp3) is 0.261. The average Bonchev–Trinajstić information content (AvgIpc) is 3.39.